The third-order valence-corrected chi connectivity index (χ3v) is 5.98. The van der Waals surface area contributed by atoms with Gasteiger partial charge in [0.25, 0.3) is 0 Å². The topological polar surface area (TPSA) is 105 Å². The summed E-state index contributed by atoms with van der Waals surface area (Å²) in [6.07, 6.45) is 2.44. The maximum atomic E-state index is 12.8. The number of esters is 1. The first-order valence-corrected chi connectivity index (χ1v) is 10.8. The number of hydrogen-bond acceptors (Lipinski definition) is 7. The average molecular weight is 403 g/mol. The van der Waals surface area contributed by atoms with Crippen LogP contribution < -0.4 is 21.7 Å². The van der Waals surface area contributed by atoms with E-state index in [1.807, 2.05) is 6.92 Å². The second kappa shape index (κ2) is 12.6. The van der Waals surface area contributed by atoms with Gasteiger partial charge in [-0.05, 0) is 11.8 Å². The molecular formula is C19H38N4O3S. The van der Waals surface area contributed by atoms with Crippen molar-refractivity contribution in [3.63, 3.8) is 0 Å². The second-order valence-corrected chi connectivity index (χ2v) is 8.00. The van der Waals surface area contributed by atoms with Crippen LogP contribution in [0, 0.1) is 11.8 Å². The van der Waals surface area contributed by atoms with Gasteiger partial charge in [-0.3, -0.25) is 4.79 Å². The van der Waals surface area contributed by atoms with Gasteiger partial charge in [0.2, 0.25) is 5.91 Å². The lowest BCUT2D eigenvalue weighted by Gasteiger charge is -2.30. The van der Waals surface area contributed by atoms with Crippen LogP contribution in [-0.4, -0.2) is 61.5 Å². The van der Waals surface area contributed by atoms with Crippen molar-refractivity contribution in [2.75, 3.05) is 25.4 Å². The molecule has 1 unspecified atom stereocenters. The summed E-state index contributed by atoms with van der Waals surface area (Å²) in [5.41, 5.74) is 5.97. The highest BCUT2D eigenvalue weighted by Crippen LogP contribution is 2.13. The van der Waals surface area contributed by atoms with E-state index in [9.17, 15) is 9.59 Å². The summed E-state index contributed by atoms with van der Waals surface area (Å²) >= 11 is 4.24. The fourth-order valence-corrected chi connectivity index (χ4v) is 3.19. The Bertz CT molecular complexity index is 466. The number of nitrogens with one attached hydrogen (secondary N) is 3. The highest BCUT2D eigenvalue weighted by molar-refractivity contribution is 7.80. The third kappa shape index (κ3) is 7.97. The largest absolute Gasteiger partial charge is 0.464 e. The van der Waals surface area contributed by atoms with Gasteiger partial charge in [-0.1, -0.05) is 40.5 Å². The molecule has 0 aromatic heterocycles. The lowest BCUT2D eigenvalue weighted by atomic mass is 9.95. The summed E-state index contributed by atoms with van der Waals surface area (Å²) in [5.74, 6) is 0.743. The lowest BCUT2D eigenvalue weighted by molar-refractivity contribution is -0.141. The second-order valence-electron chi connectivity index (χ2n) is 7.63. The Hall–Kier alpha value is -0.830. The third-order valence-electron chi connectivity index (χ3n) is 5.51. The Labute approximate surface area is 169 Å². The molecule has 158 valence electrons. The van der Waals surface area contributed by atoms with Crippen molar-refractivity contribution in [1.82, 2.24) is 16.0 Å². The van der Waals surface area contributed by atoms with E-state index in [0.717, 1.165) is 12.8 Å². The Morgan fingerprint density at radius 2 is 1.89 bits per heavy atom. The minimum Gasteiger partial charge on any atom is -0.464 e. The van der Waals surface area contributed by atoms with Crippen LogP contribution in [0.1, 0.15) is 47.0 Å². The maximum Gasteiger partial charge on any atom is 0.328 e. The number of ether oxygens (including phenoxy) is 1. The predicted octanol–water partition coefficient (Wildman–Crippen LogP) is 0.684. The van der Waals surface area contributed by atoms with Crippen LogP contribution in [0.4, 0.5) is 0 Å². The van der Waals surface area contributed by atoms with Crippen molar-refractivity contribution in [2.45, 2.75) is 71.1 Å². The Morgan fingerprint density at radius 1 is 1.22 bits per heavy atom. The van der Waals surface area contributed by atoms with Gasteiger partial charge in [0.05, 0.1) is 12.6 Å². The molecular weight excluding hydrogens is 364 g/mol. The summed E-state index contributed by atoms with van der Waals surface area (Å²) < 4.78 is 4.94. The van der Waals surface area contributed by atoms with Crippen LogP contribution in [0.25, 0.3) is 0 Å². The van der Waals surface area contributed by atoms with E-state index >= 15 is 0 Å². The van der Waals surface area contributed by atoms with Gasteiger partial charge in [-0.2, -0.15) is 12.6 Å². The number of carbonyl (C=O) groups excluding carboxylic acids is 2. The summed E-state index contributed by atoms with van der Waals surface area (Å²) in [7, 11) is 0. The molecule has 1 amide bonds. The summed E-state index contributed by atoms with van der Waals surface area (Å²) in [6, 6.07) is -0.670. The summed E-state index contributed by atoms with van der Waals surface area (Å²) in [4.78, 5) is 24.4. The summed E-state index contributed by atoms with van der Waals surface area (Å²) in [5, 5.41) is 9.78. The molecule has 1 fully saturated rings. The van der Waals surface area contributed by atoms with E-state index < -0.39 is 6.04 Å². The SMILES string of the molecule is CC[C@H](C)C(CN[C@H](C(=O)N[C@H]1CCOC1=O)[C@@H](C)CC)NC[C@@H](N)CS. The van der Waals surface area contributed by atoms with Crippen molar-refractivity contribution in [1.29, 1.82) is 0 Å². The first kappa shape index (κ1) is 24.2. The van der Waals surface area contributed by atoms with Gasteiger partial charge < -0.3 is 26.4 Å². The van der Waals surface area contributed by atoms with E-state index in [-0.39, 0.29) is 35.9 Å². The van der Waals surface area contributed by atoms with Crippen molar-refractivity contribution in [2.24, 2.45) is 17.6 Å². The Kier molecular flexibility index (Phi) is 11.3. The van der Waals surface area contributed by atoms with E-state index in [1.54, 1.807) is 0 Å². The van der Waals surface area contributed by atoms with Crippen LogP contribution >= 0.6 is 12.6 Å². The molecule has 1 aliphatic heterocycles. The average Bonchev–Trinajstić information content (AvgIpc) is 3.07. The fraction of sp³-hybridized carbons (Fsp3) is 0.895. The normalized spacial score (nSPS) is 22.6. The van der Waals surface area contributed by atoms with Gasteiger partial charge in [-0.25, -0.2) is 4.79 Å². The molecule has 0 saturated carbocycles. The zero-order valence-corrected chi connectivity index (χ0v) is 18.1. The van der Waals surface area contributed by atoms with Crippen LogP contribution in [0.15, 0.2) is 0 Å². The highest BCUT2D eigenvalue weighted by Gasteiger charge is 2.32. The quantitative estimate of drug-likeness (QED) is 0.229. The lowest BCUT2D eigenvalue weighted by Crippen LogP contribution is -2.56. The van der Waals surface area contributed by atoms with Crippen molar-refractivity contribution < 1.29 is 14.3 Å². The molecule has 1 saturated heterocycles. The van der Waals surface area contributed by atoms with Crippen LogP contribution in [0.5, 0.6) is 0 Å². The number of rotatable bonds is 13. The zero-order valence-electron chi connectivity index (χ0n) is 17.2. The van der Waals surface area contributed by atoms with Crippen molar-refractivity contribution >= 4 is 24.5 Å². The summed E-state index contributed by atoms with van der Waals surface area (Å²) in [6.45, 7) is 10.2. The number of thiol groups is 1. The van der Waals surface area contributed by atoms with Crippen LogP contribution in [0.3, 0.4) is 0 Å². The molecule has 0 aliphatic carbocycles. The van der Waals surface area contributed by atoms with Gasteiger partial charge in [0, 0.05) is 37.3 Å². The molecule has 7 nitrogen and oxygen atoms in total. The molecule has 0 spiro atoms. The molecule has 0 aromatic rings. The molecule has 1 rings (SSSR count). The molecule has 6 atom stereocenters. The van der Waals surface area contributed by atoms with Crippen LogP contribution in [0.2, 0.25) is 0 Å². The molecule has 0 aromatic carbocycles. The minimum atomic E-state index is -0.525. The van der Waals surface area contributed by atoms with Gasteiger partial charge >= 0.3 is 5.97 Å². The first-order valence-electron chi connectivity index (χ1n) is 10.1. The van der Waals surface area contributed by atoms with Gasteiger partial charge in [0.1, 0.15) is 6.04 Å². The number of nitrogens with two attached hydrogens (primary N) is 1. The van der Waals surface area contributed by atoms with Crippen LogP contribution in [-0.2, 0) is 14.3 Å². The molecule has 1 heterocycles. The molecule has 5 N–H and O–H groups in total. The molecule has 0 radical (unpaired) electrons. The standard InChI is InChI=1S/C19H38N4O3S/c1-5-12(3)16(21-9-14(20)11-27)10-22-17(13(4)6-2)18(24)23-15-7-8-26-19(15)25/h12-17,21-22,27H,5-11,20H2,1-4H3,(H,23,24)/t12-,13-,14+,15-,16?,17-/m0/s1. The number of cyclic esters (lactones) is 1. The molecule has 0 bridgehead atoms. The predicted molar refractivity (Wildman–Crippen MR) is 112 cm³/mol. The van der Waals surface area contributed by atoms with Gasteiger partial charge in [0.15, 0.2) is 0 Å². The van der Waals surface area contributed by atoms with Gasteiger partial charge in [-0.15, -0.1) is 0 Å². The van der Waals surface area contributed by atoms with Crippen molar-refractivity contribution in [3.8, 4) is 0 Å². The minimum absolute atomic E-state index is 0.00179. The zero-order chi connectivity index (χ0) is 20.4. The highest BCUT2D eigenvalue weighted by atomic mass is 32.1. The molecule has 27 heavy (non-hydrogen) atoms. The van der Waals surface area contributed by atoms with E-state index in [4.69, 9.17) is 10.5 Å². The Balaban J connectivity index is 2.69. The fourth-order valence-electron chi connectivity index (χ4n) is 3.06. The Morgan fingerprint density at radius 3 is 2.41 bits per heavy atom. The van der Waals surface area contributed by atoms with E-state index in [1.165, 1.54) is 0 Å². The van der Waals surface area contributed by atoms with E-state index in [2.05, 4.69) is 49.4 Å². The van der Waals surface area contributed by atoms with Crippen molar-refractivity contribution in [3.05, 3.63) is 0 Å². The maximum absolute atomic E-state index is 12.8. The van der Waals surface area contributed by atoms with E-state index in [0.29, 0.717) is 37.8 Å². The number of carbonyl (C=O) groups is 2. The molecule has 8 heteroatoms. The molecule has 1 aliphatic rings. The monoisotopic (exact) mass is 402 g/mol. The first-order chi connectivity index (χ1) is 12.8. The number of hydrogen-bond donors (Lipinski definition) is 5. The smallest absolute Gasteiger partial charge is 0.328 e. The number of amides is 1.